The minimum atomic E-state index is -0.139. The van der Waals surface area contributed by atoms with Crippen molar-refractivity contribution in [2.24, 2.45) is 13.0 Å². The van der Waals surface area contributed by atoms with Gasteiger partial charge in [0.2, 0.25) is 5.88 Å². The fraction of sp³-hybridized carbons (Fsp3) is 0.421. The van der Waals surface area contributed by atoms with Crippen LogP contribution in [-0.2, 0) is 13.6 Å². The summed E-state index contributed by atoms with van der Waals surface area (Å²) in [6, 6.07) is 4.98. The number of rotatable bonds is 5. The molecule has 29 heavy (non-hydrogen) atoms. The summed E-state index contributed by atoms with van der Waals surface area (Å²) >= 11 is 0. The Morgan fingerprint density at radius 2 is 2.03 bits per heavy atom. The maximum atomic E-state index is 12.8. The molecule has 4 heterocycles. The number of aryl methyl sites for hydroxylation is 1. The number of ether oxygens (including phenoxy) is 1. The lowest BCUT2D eigenvalue weighted by molar-refractivity contribution is 0.0677. The molecule has 0 bridgehead atoms. The molecule has 0 aliphatic carbocycles. The molecule has 0 radical (unpaired) electrons. The van der Waals surface area contributed by atoms with E-state index in [1.54, 1.807) is 47.1 Å². The molecule has 3 aromatic heterocycles. The second-order valence-corrected chi connectivity index (χ2v) is 7.12. The lowest BCUT2D eigenvalue weighted by Gasteiger charge is -2.31. The topological polar surface area (TPSA) is 100 Å². The Bertz CT molecular complexity index is 1050. The van der Waals surface area contributed by atoms with Crippen LogP contribution in [0.2, 0.25) is 0 Å². The lowest BCUT2D eigenvalue weighted by atomic mass is 9.96. The number of amides is 1. The Morgan fingerprint density at radius 3 is 2.72 bits per heavy atom. The highest BCUT2D eigenvalue weighted by molar-refractivity contribution is 5.96. The Morgan fingerprint density at radius 1 is 1.24 bits per heavy atom. The van der Waals surface area contributed by atoms with Gasteiger partial charge in [0.1, 0.15) is 5.56 Å². The number of likely N-dealkylation sites (tertiary alicyclic amines) is 1. The van der Waals surface area contributed by atoms with Crippen molar-refractivity contribution in [1.29, 1.82) is 0 Å². The summed E-state index contributed by atoms with van der Waals surface area (Å²) in [6.45, 7) is 1.76. The van der Waals surface area contributed by atoms with Gasteiger partial charge in [-0.1, -0.05) is 0 Å². The first-order valence-corrected chi connectivity index (χ1v) is 9.50. The summed E-state index contributed by atoms with van der Waals surface area (Å²) < 4.78 is 9.89. The first kappa shape index (κ1) is 18.9. The molecule has 0 spiro atoms. The largest absolute Gasteiger partial charge is 0.479 e. The van der Waals surface area contributed by atoms with Crippen LogP contribution in [0.15, 0.2) is 41.6 Å². The van der Waals surface area contributed by atoms with E-state index in [0.717, 1.165) is 12.8 Å². The minimum absolute atomic E-state index is 0.0793. The van der Waals surface area contributed by atoms with E-state index in [2.05, 4.69) is 15.3 Å². The third-order valence-electron chi connectivity index (χ3n) is 5.14. The molecule has 3 aromatic rings. The smallest absolute Gasteiger partial charge is 0.266 e. The summed E-state index contributed by atoms with van der Waals surface area (Å²) in [6.07, 6.45) is 6.73. The van der Waals surface area contributed by atoms with E-state index in [9.17, 15) is 9.59 Å². The van der Waals surface area contributed by atoms with Gasteiger partial charge in [-0.25, -0.2) is 9.36 Å². The van der Waals surface area contributed by atoms with Crippen LogP contribution >= 0.6 is 0 Å². The van der Waals surface area contributed by atoms with Crippen LogP contribution in [0.5, 0.6) is 5.88 Å². The van der Waals surface area contributed by atoms with Crippen LogP contribution in [-0.4, -0.2) is 60.3 Å². The maximum Gasteiger partial charge on any atom is 0.266 e. The number of aromatic nitrogens is 6. The van der Waals surface area contributed by atoms with Gasteiger partial charge >= 0.3 is 0 Å². The Hall–Kier alpha value is -3.43. The van der Waals surface area contributed by atoms with Gasteiger partial charge in [-0.15, -0.1) is 10.2 Å². The van der Waals surface area contributed by atoms with E-state index in [1.165, 1.54) is 17.9 Å². The number of carbonyl (C=O) groups is 1. The average molecular weight is 397 g/mol. The van der Waals surface area contributed by atoms with Crippen LogP contribution < -0.4 is 10.3 Å². The number of carbonyl (C=O) groups excluding carboxylic acids is 1. The number of methoxy groups -OCH3 is 1. The predicted molar refractivity (Wildman–Crippen MR) is 104 cm³/mol. The molecular weight excluding hydrogens is 374 g/mol. The molecule has 10 heteroatoms. The zero-order chi connectivity index (χ0) is 20.4. The Labute approximate surface area is 167 Å². The predicted octanol–water partition coefficient (Wildman–Crippen LogP) is 0.723. The molecule has 1 aliphatic rings. The summed E-state index contributed by atoms with van der Waals surface area (Å²) in [5.74, 6) is 1.13. The maximum absolute atomic E-state index is 12.8. The second kappa shape index (κ2) is 7.90. The molecule has 1 amide bonds. The third-order valence-corrected chi connectivity index (χ3v) is 5.14. The molecule has 0 unspecified atom stereocenters. The van der Waals surface area contributed by atoms with Gasteiger partial charge in [0, 0.05) is 51.3 Å². The van der Waals surface area contributed by atoms with E-state index in [0.29, 0.717) is 36.9 Å². The van der Waals surface area contributed by atoms with Crippen molar-refractivity contribution >= 4 is 5.91 Å². The van der Waals surface area contributed by atoms with Gasteiger partial charge in [0.25, 0.3) is 11.5 Å². The molecule has 0 saturated carbocycles. The first-order chi connectivity index (χ1) is 14.0. The third kappa shape index (κ3) is 3.91. The van der Waals surface area contributed by atoms with Gasteiger partial charge < -0.3 is 9.64 Å². The molecule has 1 aliphatic heterocycles. The number of piperidine rings is 1. The van der Waals surface area contributed by atoms with Crippen molar-refractivity contribution in [1.82, 2.24) is 34.2 Å². The summed E-state index contributed by atoms with van der Waals surface area (Å²) in [4.78, 5) is 26.8. The van der Waals surface area contributed by atoms with Crippen LogP contribution in [0.25, 0.3) is 5.82 Å². The van der Waals surface area contributed by atoms with Crippen molar-refractivity contribution in [2.45, 2.75) is 19.4 Å². The summed E-state index contributed by atoms with van der Waals surface area (Å²) in [7, 11) is 3.26. The molecule has 1 saturated heterocycles. The summed E-state index contributed by atoms with van der Waals surface area (Å²) in [5, 5.41) is 12.7. The quantitative estimate of drug-likeness (QED) is 0.629. The van der Waals surface area contributed by atoms with E-state index in [4.69, 9.17) is 4.74 Å². The van der Waals surface area contributed by atoms with Gasteiger partial charge in [-0.2, -0.15) is 5.10 Å². The average Bonchev–Trinajstić information content (AvgIpc) is 3.39. The number of hydrogen-bond donors (Lipinski definition) is 0. The van der Waals surface area contributed by atoms with Crippen molar-refractivity contribution < 1.29 is 9.53 Å². The van der Waals surface area contributed by atoms with E-state index >= 15 is 0 Å². The highest BCUT2D eigenvalue weighted by Gasteiger charge is 2.27. The van der Waals surface area contributed by atoms with Crippen LogP contribution in [0.4, 0.5) is 0 Å². The van der Waals surface area contributed by atoms with Crippen LogP contribution in [0.1, 0.15) is 23.2 Å². The molecule has 10 nitrogen and oxygen atoms in total. The molecule has 0 atom stereocenters. The molecule has 152 valence electrons. The SMILES string of the molecule is COc1nn(C)cc1C(=O)N1CCC(Cn2nc(-n3cccn3)ccc2=O)CC1. The fourth-order valence-electron chi connectivity index (χ4n) is 3.59. The van der Waals surface area contributed by atoms with E-state index < -0.39 is 0 Å². The molecule has 4 rings (SSSR count). The lowest BCUT2D eigenvalue weighted by Crippen LogP contribution is -2.40. The van der Waals surface area contributed by atoms with Crippen molar-refractivity contribution in [3.8, 4) is 11.7 Å². The van der Waals surface area contributed by atoms with Crippen molar-refractivity contribution in [3.05, 3.63) is 52.7 Å². The minimum Gasteiger partial charge on any atom is -0.479 e. The molecule has 0 aromatic carbocycles. The fourth-order valence-corrected chi connectivity index (χ4v) is 3.59. The van der Waals surface area contributed by atoms with Gasteiger partial charge in [-0.05, 0) is 30.9 Å². The van der Waals surface area contributed by atoms with Gasteiger partial charge in [0.15, 0.2) is 5.82 Å². The first-order valence-electron chi connectivity index (χ1n) is 9.50. The van der Waals surface area contributed by atoms with Crippen molar-refractivity contribution in [2.75, 3.05) is 20.2 Å². The van der Waals surface area contributed by atoms with Gasteiger partial charge in [-0.3, -0.25) is 14.3 Å². The molecule has 1 fully saturated rings. The zero-order valence-corrected chi connectivity index (χ0v) is 16.4. The standard InChI is InChI=1S/C19H23N7O3/c1-23-13-15(18(22-23)29-2)19(28)24-10-6-14(7-11-24)12-26-17(27)5-4-16(21-26)25-9-3-8-20-25/h3-5,8-9,13-14H,6-7,10-12H2,1-2H3. The Balaban J connectivity index is 1.41. The number of nitrogens with zero attached hydrogens (tertiary/aromatic N) is 7. The highest BCUT2D eigenvalue weighted by Crippen LogP contribution is 2.23. The van der Waals surface area contributed by atoms with Crippen LogP contribution in [0.3, 0.4) is 0 Å². The van der Waals surface area contributed by atoms with Gasteiger partial charge in [0.05, 0.1) is 7.11 Å². The molecular formula is C19H23N7O3. The highest BCUT2D eigenvalue weighted by atomic mass is 16.5. The van der Waals surface area contributed by atoms with Crippen molar-refractivity contribution in [3.63, 3.8) is 0 Å². The Kier molecular flexibility index (Phi) is 5.15. The summed E-state index contributed by atoms with van der Waals surface area (Å²) in [5.41, 5.74) is 0.331. The van der Waals surface area contributed by atoms with E-state index in [-0.39, 0.29) is 17.4 Å². The normalized spacial score (nSPS) is 14.9. The monoisotopic (exact) mass is 397 g/mol. The van der Waals surface area contributed by atoms with Crippen LogP contribution in [0, 0.1) is 5.92 Å². The number of hydrogen-bond acceptors (Lipinski definition) is 6. The zero-order valence-electron chi connectivity index (χ0n) is 16.4. The van der Waals surface area contributed by atoms with E-state index in [1.807, 2.05) is 4.90 Å². The molecule has 0 N–H and O–H groups in total. The second-order valence-electron chi connectivity index (χ2n) is 7.12.